The van der Waals surface area contributed by atoms with E-state index in [2.05, 4.69) is 11.8 Å². The molecular formula is C12H26N2O. The Morgan fingerprint density at radius 3 is 2.60 bits per heavy atom. The van der Waals surface area contributed by atoms with Crippen LogP contribution in [0.5, 0.6) is 0 Å². The standard InChI is InChI=1S/C12H26N2O/c1-2-10-15-11-4-3-7-14-8-5-12(13)6-9-14/h12H,2-11,13H2,1H3. The molecule has 90 valence electrons. The van der Waals surface area contributed by atoms with E-state index in [0.717, 1.165) is 19.6 Å². The van der Waals surface area contributed by atoms with Gasteiger partial charge in [-0.15, -0.1) is 0 Å². The molecule has 3 nitrogen and oxygen atoms in total. The number of rotatable bonds is 7. The molecule has 2 N–H and O–H groups in total. The van der Waals surface area contributed by atoms with E-state index in [9.17, 15) is 0 Å². The third-order valence-corrected chi connectivity index (χ3v) is 2.99. The summed E-state index contributed by atoms with van der Waals surface area (Å²) in [6, 6.07) is 0.453. The number of nitrogens with two attached hydrogens (primary N) is 1. The zero-order chi connectivity index (χ0) is 10.9. The molecule has 1 fully saturated rings. The Balaban J connectivity index is 1.87. The normalized spacial score (nSPS) is 19.6. The Labute approximate surface area is 94.0 Å². The summed E-state index contributed by atoms with van der Waals surface area (Å²) in [6.07, 6.45) is 5.93. The van der Waals surface area contributed by atoms with Crippen LogP contribution < -0.4 is 5.73 Å². The molecule has 0 amide bonds. The zero-order valence-corrected chi connectivity index (χ0v) is 10.1. The van der Waals surface area contributed by atoms with Gasteiger partial charge in [-0.1, -0.05) is 6.92 Å². The second-order valence-corrected chi connectivity index (χ2v) is 4.50. The van der Waals surface area contributed by atoms with Gasteiger partial charge < -0.3 is 15.4 Å². The van der Waals surface area contributed by atoms with E-state index in [1.807, 2.05) is 0 Å². The highest BCUT2D eigenvalue weighted by molar-refractivity contribution is 4.73. The first-order valence-corrected chi connectivity index (χ1v) is 6.38. The first-order valence-electron chi connectivity index (χ1n) is 6.38. The van der Waals surface area contributed by atoms with Crippen molar-refractivity contribution in [3.8, 4) is 0 Å². The van der Waals surface area contributed by atoms with E-state index >= 15 is 0 Å². The number of hydrogen-bond acceptors (Lipinski definition) is 3. The van der Waals surface area contributed by atoms with Gasteiger partial charge in [0, 0.05) is 19.3 Å². The van der Waals surface area contributed by atoms with Gasteiger partial charge in [0.15, 0.2) is 0 Å². The highest BCUT2D eigenvalue weighted by Gasteiger charge is 2.14. The van der Waals surface area contributed by atoms with Gasteiger partial charge in [-0.25, -0.2) is 0 Å². The summed E-state index contributed by atoms with van der Waals surface area (Å²) in [5, 5.41) is 0. The average molecular weight is 214 g/mol. The van der Waals surface area contributed by atoms with E-state index in [4.69, 9.17) is 10.5 Å². The van der Waals surface area contributed by atoms with E-state index in [0.29, 0.717) is 6.04 Å². The number of hydrogen-bond donors (Lipinski definition) is 1. The first kappa shape index (κ1) is 12.9. The molecule has 0 aromatic heterocycles. The minimum Gasteiger partial charge on any atom is -0.381 e. The summed E-state index contributed by atoms with van der Waals surface area (Å²) in [5.74, 6) is 0. The summed E-state index contributed by atoms with van der Waals surface area (Å²) in [7, 11) is 0. The van der Waals surface area contributed by atoms with Crippen LogP contribution in [-0.2, 0) is 4.74 Å². The summed E-state index contributed by atoms with van der Waals surface area (Å²) < 4.78 is 5.45. The molecule has 0 radical (unpaired) electrons. The molecule has 15 heavy (non-hydrogen) atoms. The monoisotopic (exact) mass is 214 g/mol. The van der Waals surface area contributed by atoms with E-state index < -0.39 is 0 Å². The van der Waals surface area contributed by atoms with Crippen molar-refractivity contribution in [2.45, 2.75) is 45.1 Å². The molecule has 0 spiro atoms. The fourth-order valence-electron chi connectivity index (χ4n) is 1.96. The Bertz CT molecular complexity index is 145. The van der Waals surface area contributed by atoms with Crippen LogP contribution in [0.25, 0.3) is 0 Å². The molecule has 1 aliphatic rings. The van der Waals surface area contributed by atoms with Gasteiger partial charge in [-0.3, -0.25) is 0 Å². The Morgan fingerprint density at radius 2 is 1.93 bits per heavy atom. The van der Waals surface area contributed by atoms with Crippen molar-refractivity contribution in [2.75, 3.05) is 32.8 Å². The van der Waals surface area contributed by atoms with Crippen LogP contribution in [0.2, 0.25) is 0 Å². The number of ether oxygens (including phenoxy) is 1. The predicted octanol–water partition coefficient (Wildman–Crippen LogP) is 1.62. The second-order valence-electron chi connectivity index (χ2n) is 4.50. The van der Waals surface area contributed by atoms with Crippen LogP contribution in [0.15, 0.2) is 0 Å². The quantitative estimate of drug-likeness (QED) is 0.654. The van der Waals surface area contributed by atoms with Crippen LogP contribution in [0.1, 0.15) is 39.0 Å². The number of unbranched alkanes of at least 4 members (excludes halogenated alkanes) is 1. The Hall–Kier alpha value is -0.120. The number of nitrogens with zero attached hydrogens (tertiary/aromatic N) is 1. The fraction of sp³-hybridized carbons (Fsp3) is 1.00. The summed E-state index contributed by atoms with van der Waals surface area (Å²) >= 11 is 0. The molecule has 3 heteroatoms. The maximum absolute atomic E-state index is 5.86. The van der Waals surface area contributed by atoms with Crippen molar-refractivity contribution in [3.63, 3.8) is 0 Å². The molecule has 0 bridgehead atoms. The van der Waals surface area contributed by atoms with E-state index in [1.165, 1.54) is 45.3 Å². The molecule has 0 unspecified atom stereocenters. The molecular weight excluding hydrogens is 188 g/mol. The van der Waals surface area contributed by atoms with Crippen LogP contribution >= 0.6 is 0 Å². The lowest BCUT2D eigenvalue weighted by Gasteiger charge is -2.29. The van der Waals surface area contributed by atoms with Crippen molar-refractivity contribution >= 4 is 0 Å². The van der Waals surface area contributed by atoms with Crippen LogP contribution in [0.4, 0.5) is 0 Å². The lowest BCUT2D eigenvalue weighted by Crippen LogP contribution is -2.40. The molecule has 1 saturated heterocycles. The van der Waals surface area contributed by atoms with Gasteiger partial charge in [-0.2, -0.15) is 0 Å². The van der Waals surface area contributed by atoms with Crippen molar-refractivity contribution in [3.05, 3.63) is 0 Å². The maximum atomic E-state index is 5.86. The first-order chi connectivity index (χ1) is 7.33. The minimum atomic E-state index is 0.453. The molecule has 0 atom stereocenters. The van der Waals surface area contributed by atoms with Crippen LogP contribution in [-0.4, -0.2) is 43.8 Å². The van der Waals surface area contributed by atoms with Crippen molar-refractivity contribution in [2.24, 2.45) is 5.73 Å². The van der Waals surface area contributed by atoms with Gasteiger partial charge in [-0.05, 0) is 51.7 Å². The molecule has 1 heterocycles. The Kier molecular flexibility index (Phi) is 6.98. The summed E-state index contributed by atoms with van der Waals surface area (Å²) in [6.45, 7) is 7.60. The molecule has 0 saturated carbocycles. The van der Waals surface area contributed by atoms with Crippen LogP contribution in [0.3, 0.4) is 0 Å². The Morgan fingerprint density at radius 1 is 1.20 bits per heavy atom. The van der Waals surface area contributed by atoms with Crippen LogP contribution in [0, 0.1) is 0 Å². The van der Waals surface area contributed by atoms with Gasteiger partial charge >= 0.3 is 0 Å². The van der Waals surface area contributed by atoms with Gasteiger partial charge in [0.2, 0.25) is 0 Å². The van der Waals surface area contributed by atoms with Crippen molar-refractivity contribution in [1.82, 2.24) is 4.90 Å². The fourth-order valence-corrected chi connectivity index (χ4v) is 1.96. The SMILES string of the molecule is CCCOCCCCN1CCC(N)CC1. The summed E-state index contributed by atoms with van der Waals surface area (Å²) in [5.41, 5.74) is 5.86. The largest absolute Gasteiger partial charge is 0.381 e. The third kappa shape index (κ3) is 6.13. The van der Waals surface area contributed by atoms with Crippen molar-refractivity contribution < 1.29 is 4.74 Å². The molecule has 0 aromatic carbocycles. The van der Waals surface area contributed by atoms with E-state index in [1.54, 1.807) is 0 Å². The highest BCUT2D eigenvalue weighted by Crippen LogP contribution is 2.08. The number of piperidine rings is 1. The van der Waals surface area contributed by atoms with Crippen molar-refractivity contribution in [1.29, 1.82) is 0 Å². The number of likely N-dealkylation sites (tertiary alicyclic amines) is 1. The predicted molar refractivity (Wildman–Crippen MR) is 64.0 cm³/mol. The molecule has 1 rings (SSSR count). The topological polar surface area (TPSA) is 38.5 Å². The van der Waals surface area contributed by atoms with Gasteiger partial charge in [0.25, 0.3) is 0 Å². The zero-order valence-electron chi connectivity index (χ0n) is 10.1. The third-order valence-electron chi connectivity index (χ3n) is 2.99. The lowest BCUT2D eigenvalue weighted by atomic mass is 10.1. The molecule has 0 aromatic rings. The van der Waals surface area contributed by atoms with E-state index in [-0.39, 0.29) is 0 Å². The maximum Gasteiger partial charge on any atom is 0.0466 e. The smallest absolute Gasteiger partial charge is 0.0466 e. The molecule has 0 aliphatic carbocycles. The summed E-state index contributed by atoms with van der Waals surface area (Å²) in [4.78, 5) is 2.53. The minimum absolute atomic E-state index is 0.453. The highest BCUT2D eigenvalue weighted by atomic mass is 16.5. The average Bonchev–Trinajstić information content (AvgIpc) is 2.26. The lowest BCUT2D eigenvalue weighted by molar-refractivity contribution is 0.125. The second kappa shape index (κ2) is 8.08. The molecule has 1 aliphatic heterocycles. The van der Waals surface area contributed by atoms with Gasteiger partial charge in [0.1, 0.15) is 0 Å². The van der Waals surface area contributed by atoms with Gasteiger partial charge in [0.05, 0.1) is 0 Å².